The van der Waals surface area contributed by atoms with Gasteiger partial charge in [0.15, 0.2) is 6.10 Å². The zero-order valence-electron chi connectivity index (χ0n) is 15.1. The van der Waals surface area contributed by atoms with Crippen molar-refractivity contribution in [1.29, 1.82) is 0 Å². The van der Waals surface area contributed by atoms with Crippen molar-refractivity contribution >= 4 is 23.2 Å². The summed E-state index contributed by atoms with van der Waals surface area (Å²) < 4.78 is 11.0. The molecule has 27 heavy (non-hydrogen) atoms. The van der Waals surface area contributed by atoms with Crippen molar-refractivity contribution in [3.05, 3.63) is 77.8 Å². The largest absolute Gasteiger partial charge is 0.495 e. The highest BCUT2D eigenvalue weighted by Crippen LogP contribution is 2.28. The molecule has 0 spiro atoms. The Labute approximate surface area is 163 Å². The first-order valence-corrected chi connectivity index (χ1v) is 8.91. The molecule has 0 aromatic heterocycles. The van der Waals surface area contributed by atoms with E-state index in [-0.39, 0.29) is 5.91 Å². The predicted molar refractivity (Wildman–Crippen MR) is 109 cm³/mol. The Bertz CT molecular complexity index is 911. The van der Waals surface area contributed by atoms with Gasteiger partial charge in [0.1, 0.15) is 11.5 Å². The van der Waals surface area contributed by atoms with Crippen LogP contribution in [0.4, 0.5) is 5.69 Å². The van der Waals surface area contributed by atoms with Gasteiger partial charge in [0.25, 0.3) is 5.91 Å². The van der Waals surface area contributed by atoms with Gasteiger partial charge in [-0.2, -0.15) is 0 Å². The van der Waals surface area contributed by atoms with Crippen molar-refractivity contribution in [1.82, 2.24) is 0 Å². The Kier molecular flexibility index (Phi) is 5.99. The standard InChI is InChI=1S/C22H20ClNO3/c1-15(22(25)24-20-14-18(23)10-13-21(20)26-2)27-19-11-8-17(9-12-19)16-6-4-3-5-7-16/h3-15H,1-2H3,(H,24,25)/t15-/m0/s1. The minimum atomic E-state index is -0.684. The number of ether oxygens (including phenoxy) is 2. The first kappa shape index (κ1) is 18.8. The summed E-state index contributed by atoms with van der Waals surface area (Å²) in [6.07, 6.45) is -0.684. The number of amides is 1. The van der Waals surface area contributed by atoms with Gasteiger partial charge in [0.2, 0.25) is 0 Å². The normalized spacial score (nSPS) is 11.5. The van der Waals surface area contributed by atoms with Crippen LogP contribution in [0.5, 0.6) is 11.5 Å². The molecule has 138 valence electrons. The highest BCUT2D eigenvalue weighted by Gasteiger charge is 2.17. The molecular formula is C22H20ClNO3. The number of rotatable bonds is 6. The number of carbonyl (C=O) groups excluding carboxylic acids is 1. The topological polar surface area (TPSA) is 47.6 Å². The number of halogens is 1. The summed E-state index contributed by atoms with van der Waals surface area (Å²) in [5.41, 5.74) is 2.72. The van der Waals surface area contributed by atoms with Crippen molar-refractivity contribution in [2.75, 3.05) is 12.4 Å². The molecule has 0 saturated carbocycles. The molecule has 0 saturated heterocycles. The molecule has 0 aliphatic rings. The average Bonchev–Trinajstić information content (AvgIpc) is 2.69. The van der Waals surface area contributed by atoms with Gasteiger partial charge in [-0.15, -0.1) is 0 Å². The molecule has 0 radical (unpaired) electrons. The zero-order valence-corrected chi connectivity index (χ0v) is 15.9. The smallest absolute Gasteiger partial charge is 0.265 e. The van der Waals surface area contributed by atoms with Gasteiger partial charge in [-0.3, -0.25) is 4.79 Å². The summed E-state index contributed by atoms with van der Waals surface area (Å²) in [6.45, 7) is 1.69. The Morgan fingerprint density at radius 2 is 1.63 bits per heavy atom. The van der Waals surface area contributed by atoms with Crippen molar-refractivity contribution in [3.8, 4) is 22.6 Å². The van der Waals surface area contributed by atoms with Gasteiger partial charge < -0.3 is 14.8 Å². The van der Waals surface area contributed by atoms with E-state index in [1.807, 2.05) is 54.6 Å². The van der Waals surface area contributed by atoms with E-state index in [2.05, 4.69) is 5.32 Å². The number of hydrogen-bond acceptors (Lipinski definition) is 3. The van der Waals surface area contributed by atoms with Crippen LogP contribution < -0.4 is 14.8 Å². The van der Waals surface area contributed by atoms with Crippen LogP contribution in [0.15, 0.2) is 72.8 Å². The monoisotopic (exact) mass is 381 g/mol. The molecule has 1 N–H and O–H groups in total. The summed E-state index contributed by atoms with van der Waals surface area (Å²) in [4.78, 5) is 12.4. The number of benzene rings is 3. The van der Waals surface area contributed by atoms with Gasteiger partial charge in [0.05, 0.1) is 12.8 Å². The van der Waals surface area contributed by atoms with Crippen LogP contribution in [0.1, 0.15) is 6.92 Å². The van der Waals surface area contributed by atoms with Crippen LogP contribution >= 0.6 is 11.6 Å². The predicted octanol–water partition coefficient (Wildman–Crippen LogP) is 5.42. The van der Waals surface area contributed by atoms with E-state index in [4.69, 9.17) is 21.1 Å². The van der Waals surface area contributed by atoms with Crippen LogP contribution in [0.3, 0.4) is 0 Å². The molecule has 0 aliphatic heterocycles. The lowest BCUT2D eigenvalue weighted by molar-refractivity contribution is -0.122. The number of carbonyl (C=O) groups is 1. The molecule has 0 aliphatic carbocycles. The first-order chi connectivity index (χ1) is 13.1. The fourth-order valence-corrected chi connectivity index (χ4v) is 2.80. The van der Waals surface area contributed by atoms with Crippen molar-refractivity contribution in [3.63, 3.8) is 0 Å². The molecule has 3 aromatic carbocycles. The van der Waals surface area contributed by atoms with Crippen LogP contribution in [-0.2, 0) is 4.79 Å². The van der Waals surface area contributed by atoms with Crippen LogP contribution in [0.25, 0.3) is 11.1 Å². The lowest BCUT2D eigenvalue weighted by Gasteiger charge is -2.16. The second-order valence-electron chi connectivity index (χ2n) is 5.98. The summed E-state index contributed by atoms with van der Waals surface area (Å²) in [5, 5.41) is 3.30. The Hall–Kier alpha value is -2.98. The molecule has 4 nitrogen and oxygen atoms in total. The second-order valence-corrected chi connectivity index (χ2v) is 6.42. The maximum Gasteiger partial charge on any atom is 0.265 e. The Balaban J connectivity index is 1.65. The van der Waals surface area contributed by atoms with Crippen LogP contribution in [0, 0.1) is 0 Å². The third-order valence-corrected chi connectivity index (χ3v) is 4.30. The minimum Gasteiger partial charge on any atom is -0.495 e. The Morgan fingerprint density at radius 1 is 0.963 bits per heavy atom. The molecule has 0 unspecified atom stereocenters. The number of methoxy groups -OCH3 is 1. The third-order valence-electron chi connectivity index (χ3n) is 4.06. The highest BCUT2D eigenvalue weighted by atomic mass is 35.5. The third kappa shape index (κ3) is 4.80. The van der Waals surface area contributed by atoms with Gasteiger partial charge in [-0.1, -0.05) is 54.1 Å². The fraction of sp³-hybridized carbons (Fsp3) is 0.136. The summed E-state index contributed by atoms with van der Waals surface area (Å²) in [5.74, 6) is 0.866. The number of anilines is 1. The molecule has 3 rings (SSSR count). The van der Waals surface area contributed by atoms with E-state index in [1.165, 1.54) is 7.11 Å². The lowest BCUT2D eigenvalue weighted by Crippen LogP contribution is -2.30. The van der Waals surface area contributed by atoms with E-state index in [9.17, 15) is 4.79 Å². The molecule has 1 atom stereocenters. The number of hydrogen-bond donors (Lipinski definition) is 1. The fourth-order valence-electron chi connectivity index (χ4n) is 2.63. The average molecular weight is 382 g/mol. The SMILES string of the molecule is COc1ccc(Cl)cc1NC(=O)[C@H](C)Oc1ccc(-c2ccccc2)cc1. The highest BCUT2D eigenvalue weighted by molar-refractivity contribution is 6.31. The lowest BCUT2D eigenvalue weighted by atomic mass is 10.1. The van der Waals surface area contributed by atoms with Crippen molar-refractivity contribution < 1.29 is 14.3 Å². The molecule has 0 fully saturated rings. The van der Waals surface area contributed by atoms with Crippen molar-refractivity contribution in [2.45, 2.75) is 13.0 Å². The van der Waals surface area contributed by atoms with Crippen LogP contribution in [-0.4, -0.2) is 19.1 Å². The maximum atomic E-state index is 12.4. The summed E-state index contributed by atoms with van der Waals surface area (Å²) in [7, 11) is 1.53. The van der Waals surface area contributed by atoms with E-state index in [1.54, 1.807) is 25.1 Å². The number of nitrogens with one attached hydrogen (secondary N) is 1. The van der Waals surface area contributed by atoms with E-state index < -0.39 is 6.10 Å². The first-order valence-electron chi connectivity index (χ1n) is 8.53. The molecule has 0 heterocycles. The van der Waals surface area contributed by atoms with Crippen molar-refractivity contribution in [2.24, 2.45) is 0 Å². The molecule has 1 amide bonds. The van der Waals surface area contributed by atoms with Gasteiger partial charge in [-0.05, 0) is 48.4 Å². The van der Waals surface area contributed by atoms with E-state index >= 15 is 0 Å². The summed E-state index contributed by atoms with van der Waals surface area (Å²) in [6, 6.07) is 22.7. The Morgan fingerprint density at radius 3 is 2.30 bits per heavy atom. The molecule has 0 bridgehead atoms. The molecular weight excluding hydrogens is 362 g/mol. The molecule has 3 aromatic rings. The van der Waals surface area contributed by atoms with E-state index in [0.29, 0.717) is 22.2 Å². The van der Waals surface area contributed by atoms with Gasteiger partial charge in [0, 0.05) is 5.02 Å². The summed E-state index contributed by atoms with van der Waals surface area (Å²) >= 11 is 5.99. The van der Waals surface area contributed by atoms with E-state index in [0.717, 1.165) is 11.1 Å². The quantitative estimate of drug-likeness (QED) is 0.620. The van der Waals surface area contributed by atoms with Gasteiger partial charge in [-0.25, -0.2) is 0 Å². The maximum absolute atomic E-state index is 12.4. The molecule has 5 heteroatoms. The van der Waals surface area contributed by atoms with Gasteiger partial charge >= 0.3 is 0 Å². The van der Waals surface area contributed by atoms with Crippen LogP contribution in [0.2, 0.25) is 5.02 Å². The minimum absolute atomic E-state index is 0.289. The zero-order chi connectivity index (χ0) is 19.2. The second kappa shape index (κ2) is 8.60.